The van der Waals surface area contributed by atoms with Crippen LogP contribution in [-0.2, 0) is 20.6 Å². The molecule has 0 radical (unpaired) electrons. The number of benzene rings is 1. The first-order valence-corrected chi connectivity index (χ1v) is 8.00. The maximum Gasteiger partial charge on any atom is 0.332 e. The average Bonchev–Trinajstić information content (AvgIpc) is 2.59. The fourth-order valence-electron chi connectivity index (χ4n) is 2.98. The smallest absolute Gasteiger partial charge is 0.332 e. The number of nitrogens with two attached hydrogens (primary N) is 2. The van der Waals surface area contributed by atoms with Crippen LogP contribution in [0.4, 0.5) is 5.82 Å². The Balaban J connectivity index is 2.68. The second-order valence-corrected chi connectivity index (χ2v) is 6.35. The van der Waals surface area contributed by atoms with E-state index >= 15 is 0 Å². The molecule has 0 unspecified atom stereocenters. The predicted molar refractivity (Wildman–Crippen MR) is 99.7 cm³/mol. The fraction of sp³-hybridized carbons (Fsp3) is 0.235. The first kappa shape index (κ1) is 17.2. The molecule has 2 aromatic heterocycles. The van der Waals surface area contributed by atoms with E-state index in [4.69, 9.17) is 23.1 Å². The molecular weight excluding hydrogens is 342 g/mol. The number of nitrogens with zero attached hydrogens (tertiary/aromatic N) is 3. The van der Waals surface area contributed by atoms with Gasteiger partial charge in [-0.1, -0.05) is 23.2 Å². The maximum absolute atomic E-state index is 12.9. The number of aromatic nitrogens is 3. The topological polar surface area (TPSA) is 109 Å². The van der Waals surface area contributed by atoms with Gasteiger partial charge in [-0.3, -0.25) is 13.9 Å². The quantitative estimate of drug-likeness (QED) is 0.716. The third kappa shape index (κ3) is 2.52. The van der Waals surface area contributed by atoms with E-state index in [1.54, 1.807) is 13.1 Å². The molecule has 0 aliphatic rings. The van der Waals surface area contributed by atoms with Crippen molar-refractivity contribution in [3.8, 4) is 11.1 Å². The normalized spacial score (nSPS) is 11.2. The Bertz CT molecular complexity index is 1130. The molecule has 4 N–H and O–H groups in total. The zero-order valence-electron chi connectivity index (χ0n) is 14.1. The van der Waals surface area contributed by atoms with Crippen molar-refractivity contribution < 1.29 is 0 Å². The largest absolute Gasteiger partial charge is 0.383 e. The van der Waals surface area contributed by atoms with Crippen molar-refractivity contribution in [2.24, 2.45) is 19.8 Å². The highest BCUT2D eigenvalue weighted by molar-refractivity contribution is 6.33. The van der Waals surface area contributed by atoms with Crippen LogP contribution in [0.25, 0.3) is 22.2 Å². The molecule has 0 saturated carbocycles. The number of hydrogen-bond acceptors (Lipinski definition) is 5. The van der Waals surface area contributed by atoms with Gasteiger partial charge in [0, 0.05) is 42.4 Å². The highest BCUT2D eigenvalue weighted by Crippen LogP contribution is 2.36. The highest BCUT2D eigenvalue weighted by Gasteiger charge is 2.22. The van der Waals surface area contributed by atoms with Crippen LogP contribution in [0.5, 0.6) is 0 Å². The summed E-state index contributed by atoms with van der Waals surface area (Å²) in [5.41, 5.74) is 13.9. The lowest BCUT2D eigenvalue weighted by Gasteiger charge is -2.17. The van der Waals surface area contributed by atoms with E-state index in [0.717, 1.165) is 10.1 Å². The van der Waals surface area contributed by atoms with Crippen molar-refractivity contribution >= 4 is 28.5 Å². The Morgan fingerprint density at radius 2 is 1.88 bits per heavy atom. The Labute approximate surface area is 148 Å². The summed E-state index contributed by atoms with van der Waals surface area (Å²) in [4.78, 5) is 29.3. The lowest BCUT2D eigenvalue weighted by atomic mass is 9.96. The molecule has 2 heterocycles. The Morgan fingerprint density at radius 3 is 2.52 bits per heavy atom. The second-order valence-electron chi connectivity index (χ2n) is 5.94. The van der Waals surface area contributed by atoms with Gasteiger partial charge < -0.3 is 11.5 Å². The molecule has 3 aromatic rings. The molecule has 0 spiro atoms. The average molecular weight is 360 g/mol. The van der Waals surface area contributed by atoms with Crippen molar-refractivity contribution in [3.05, 3.63) is 55.2 Å². The summed E-state index contributed by atoms with van der Waals surface area (Å²) < 4.78 is 2.33. The number of halogens is 1. The number of pyridine rings is 1. The van der Waals surface area contributed by atoms with Crippen molar-refractivity contribution in [1.82, 2.24) is 14.1 Å². The van der Waals surface area contributed by atoms with Gasteiger partial charge in [0.05, 0.1) is 5.39 Å². The Hall–Kier alpha value is -2.64. The molecule has 7 nitrogen and oxygen atoms in total. The van der Waals surface area contributed by atoms with Crippen LogP contribution in [0.3, 0.4) is 0 Å². The van der Waals surface area contributed by atoms with Gasteiger partial charge in [-0.2, -0.15) is 0 Å². The Kier molecular flexibility index (Phi) is 4.14. The zero-order valence-corrected chi connectivity index (χ0v) is 14.9. The third-order valence-corrected chi connectivity index (χ3v) is 4.65. The monoisotopic (exact) mass is 359 g/mol. The number of nitrogen functional groups attached to an aromatic ring is 1. The Morgan fingerprint density at radius 1 is 1.20 bits per heavy atom. The third-order valence-electron chi connectivity index (χ3n) is 4.32. The highest BCUT2D eigenvalue weighted by atomic mass is 35.5. The van der Waals surface area contributed by atoms with Crippen molar-refractivity contribution in [2.45, 2.75) is 13.5 Å². The summed E-state index contributed by atoms with van der Waals surface area (Å²) in [5, 5.41) is 0.731. The number of anilines is 1. The van der Waals surface area contributed by atoms with E-state index in [1.807, 2.05) is 19.1 Å². The zero-order chi connectivity index (χ0) is 18.5. The minimum Gasteiger partial charge on any atom is -0.383 e. The predicted octanol–water partition coefficient (Wildman–Crippen LogP) is 1.30. The lowest BCUT2D eigenvalue weighted by Crippen LogP contribution is -2.38. The second kappa shape index (κ2) is 6.02. The van der Waals surface area contributed by atoms with Gasteiger partial charge in [-0.25, -0.2) is 9.78 Å². The molecule has 0 amide bonds. The van der Waals surface area contributed by atoms with E-state index in [0.29, 0.717) is 21.7 Å². The molecule has 1 aromatic carbocycles. The fourth-order valence-corrected chi connectivity index (χ4v) is 3.19. The number of aryl methyl sites for hydroxylation is 2. The van der Waals surface area contributed by atoms with Crippen LogP contribution < -0.4 is 22.7 Å². The van der Waals surface area contributed by atoms with Crippen LogP contribution in [0, 0.1) is 6.92 Å². The molecule has 3 rings (SSSR count). The molecule has 0 aliphatic carbocycles. The summed E-state index contributed by atoms with van der Waals surface area (Å²) >= 11 is 6.40. The van der Waals surface area contributed by atoms with Gasteiger partial charge in [0.25, 0.3) is 5.56 Å². The van der Waals surface area contributed by atoms with Crippen LogP contribution in [-0.4, -0.2) is 14.1 Å². The van der Waals surface area contributed by atoms with Gasteiger partial charge in [-0.05, 0) is 19.1 Å². The minimum absolute atomic E-state index is 0.0837. The van der Waals surface area contributed by atoms with E-state index in [2.05, 4.69) is 4.98 Å². The van der Waals surface area contributed by atoms with Gasteiger partial charge >= 0.3 is 5.69 Å². The molecule has 25 heavy (non-hydrogen) atoms. The first-order valence-electron chi connectivity index (χ1n) is 7.62. The summed E-state index contributed by atoms with van der Waals surface area (Å²) in [6.45, 7) is 2.00. The van der Waals surface area contributed by atoms with Crippen molar-refractivity contribution in [2.75, 3.05) is 5.73 Å². The molecule has 0 bridgehead atoms. The first-order chi connectivity index (χ1) is 11.8. The molecule has 8 heteroatoms. The van der Waals surface area contributed by atoms with Gasteiger partial charge in [0.1, 0.15) is 5.82 Å². The summed E-state index contributed by atoms with van der Waals surface area (Å²) in [7, 11) is 2.96. The molecule has 0 fully saturated rings. The molecule has 130 valence electrons. The molecule has 0 saturated heterocycles. The molecule has 0 atom stereocenters. The standard InChI is InChI=1S/C17H18ClN5O2/c1-8-4-5-11(18)9(6-8)12-10(7-19)14(20)21-15-13(12)16(24)23(3)17(25)22(15)2/h4-6H,7,19H2,1-3H3,(H2,20,21). The van der Waals surface area contributed by atoms with Crippen LogP contribution >= 0.6 is 11.6 Å². The van der Waals surface area contributed by atoms with Crippen LogP contribution in [0.15, 0.2) is 27.8 Å². The van der Waals surface area contributed by atoms with Gasteiger partial charge in [0.15, 0.2) is 5.65 Å². The van der Waals surface area contributed by atoms with Crippen LogP contribution in [0.1, 0.15) is 11.1 Å². The SMILES string of the molecule is Cc1ccc(Cl)c(-c2c(CN)c(N)nc3c2c(=O)n(C)c(=O)n3C)c1. The van der Waals surface area contributed by atoms with E-state index in [9.17, 15) is 9.59 Å². The van der Waals surface area contributed by atoms with Crippen molar-refractivity contribution in [1.29, 1.82) is 0 Å². The minimum atomic E-state index is -0.480. The van der Waals surface area contributed by atoms with E-state index < -0.39 is 11.2 Å². The summed E-state index contributed by atoms with van der Waals surface area (Å²) in [6, 6.07) is 5.48. The summed E-state index contributed by atoms with van der Waals surface area (Å²) in [5.74, 6) is 0.172. The number of rotatable bonds is 2. The number of fused-ring (bicyclic) bond motifs is 1. The molecular formula is C17H18ClN5O2. The van der Waals surface area contributed by atoms with Gasteiger partial charge in [-0.15, -0.1) is 0 Å². The summed E-state index contributed by atoms with van der Waals surface area (Å²) in [6.07, 6.45) is 0. The van der Waals surface area contributed by atoms with Crippen LogP contribution in [0.2, 0.25) is 5.02 Å². The molecule has 0 aliphatic heterocycles. The van der Waals surface area contributed by atoms with E-state index in [1.165, 1.54) is 11.6 Å². The van der Waals surface area contributed by atoms with E-state index in [-0.39, 0.29) is 23.4 Å². The van der Waals surface area contributed by atoms with Crippen molar-refractivity contribution in [3.63, 3.8) is 0 Å². The maximum atomic E-state index is 12.9. The lowest BCUT2D eigenvalue weighted by molar-refractivity contribution is 0.708. The van der Waals surface area contributed by atoms with Gasteiger partial charge in [0.2, 0.25) is 0 Å². The number of hydrogen-bond donors (Lipinski definition) is 2.